The maximum absolute atomic E-state index is 12.5. The zero-order valence-electron chi connectivity index (χ0n) is 10.8. The Morgan fingerprint density at radius 1 is 1.25 bits per heavy atom. The van der Waals surface area contributed by atoms with Crippen LogP contribution in [0.2, 0.25) is 0 Å². The average Bonchev–Trinajstić information content (AvgIpc) is 2.45. The quantitative estimate of drug-likeness (QED) is 0.784. The summed E-state index contributed by atoms with van der Waals surface area (Å²) in [6.45, 7) is 0.139. The maximum atomic E-state index is 12.5. The summed E-state index contributed by atoms with van der Waals surface area (Å²) in [4.78, 5) is 11.8. The van der Waals surface area contributed by atoms with E-state index in [9.17, 15) is 18.0 Å². The molecule has 1 unspecified atom stereocenters. The van der Waals surface area contributed by atoms with E-state index in [4.69, 9.17) is 4.74 Å². The fourth-order valence-corrected chi connectivity index (χ4v) is 2.13. The van der Waals surface area contributed by atoms with Crippen LogP contribution in [-0.4, -0.2) is 12.1 Å². The molecule has 1 aliphatic rings. The van der Waals surface area contributed by atoms with Crippen molar-refractivity contribution in [1.29, 1.82) is 0 Å². The van der Waals surface area contributed by atoms with Crippen molar-refractivity contribution in [3.63, 3.8) is 0 Å². The summed E-state index contributed by atoms with van der Waals surface area (Å²) in [6, 6.07) is 9.16. The molecule has 0 spiro atoms. The molecule has 2 nitrogen and oxygen atoms in total. The van der Waals surface area contributed by atoms with Crippen LogP contribution in [0.3, 0.4) is 0 Å². The van der Waals surface area contributed by atoms with Crippen LogP contribution < -0.4 is 0 Å². The van der Waals surface area contributed by atoms with Crippen molar-refractivity contribution in [2.24, 2.45) is 5.92 Å². The van der Waals surface area contributed by atoms with Crippen LogP contribution in [0.25, 0.3) is 0 Å². The predicted octanol–water partition coefficient (Wildman–Crippen LogP) is 4.02. The highest BCUT2D eigenvalue weighted by molar-refractivity contribution is 5.88. The minimum Gasteiger partial charge on any atom is -0.457 e. The Morgan fingerprint density at radius 2 is 1.95 bits per heavy atom. The number of halogens is 3. The SMILES string of the molecule is O=C(OCc1ccccc1)C1=CCC(C(F)(F)F)CC1. The number of alkyl halides is 3. The molecule has 1 atom stereocenters. The lowest BCUT2D eigenvalue weighted by Crippen LogP contribution is -2.25. The van der Waals surface area contributed by atoms with E-state index in [1.54, 1.807) is 0 Å². The van der Waals surface area contributed by atoms with E-state index in [1.165, 1.54) is 6.08 Å². The monoisotopic (exact) mass is 284 g/mol. The zero-order chi connectivity index (χ0) is 14.6. The molecule has 108 valence electrons. The first kappa shape index (κ1) is 14.6. The Labute approximate surface area is 115 Å². The largest absolute Gasteiger partial charge is 0.457 e. The number of carbonyl (C=O) groups excluding carboxylic acids is 1. The maximum Gasteiger partial charge on any atom is 0.392 e. The molecular weight excluding hydrogens is 269 g/mol. The van der Waals surface area contributed by atoms with Crippen LogP contribution in [0.15, 0.2) is 42.0 Å². The summed E-state index contributed by atoms with van der Waals surface area (Å²) < 4.78 is 42.6. The number of carbonyl (C=O) groups is 1. The molecule has 20 heavy (non-hydrogen) atoms. The van der Waals surface area contributed by atoms with Crippen molar-refractivity contribution < 1.29 is 22.7 Å². The Bertz CT molecular complexity index is 492. The average molecular weight is 284 g/mol. The number of allylic oxidation sites excluding steroid dienone is 1. The second-order valence-corrected chi connectivity index (χ2v) is 4.80. The molecule has 0 aliphatic heterocycles. The number of hydrogen-bond acceptors (Lipinski definition) is 2. The van der Waals surface area contributed by atoms with Crippen LogP contribution in [0.1, 0.15) is 24.8 Å². The molecule has 0 N–H and O–H groups in total. The fraction of sp³-hybridized carbons (Fsp3) is 0.400. The number of ether oxygens (including phenoxy) is 1. The van der Waals surface area contributed by atoms with E-state index in [-0.39, 0.29) is 25.9 Å². The smallest absolute Gasteiger partial charge is 0.392 e. The highest BCUT2D eigenvalue weighted by atomic mass is 19.4. The second-order valence-electron chi connectivity index (χ2n) is 4.80. The van der Waals surface area contributed by atoms with E-state index in [0.717, 1.165) is 5.56 Å². The Balaban J connectivity index is 1.87. The van der Waals surface area contributed by atoms with Gasteiger partial charge in [0.2, 0.25) is 0 Å². The van der Waals surface area contributed by atoms with Crippen LogP contribution >= 0.6 is 0 Å². The highest BCUT2D eigenvalue weighted by Gasteiger charge is 2.40. The summed E-state index contributed by atoms with van der Waals surface area (Å²) in [5.74, 6) is -1.86. The van der Waals surface area contributed by atoms with Gasteiger partial charge in [-0.1, -0.05) is 36.4 Å². The molecule has 1 aliphatic carbocycles. The molecule has 0 radical (unpaired) electrons. The standard InChI is InChI=1S/C15H15F3O2/c16-15(17,18)13-8-6-12(7-9-13)14(19)20-10-11-4-2-1-3-5-11/h1-6,13H,7-10H2. The third-order valence-electron chi connectivity index (χ3n) is 3.35. The summed E-state index contributed by atoms with van der Waals surface area (Å²) in [6.07, 6.45) is -2.89. The van der Waals surface area contributed by atoms with Gasteiger partial charge in [0, 0.05) is 5.57 Å². The lowest BCUT2D eigenvalue weighted by Gasteiger charge is -2.23. The molecular formula is C15H15F3O2. The van der Waals surface area contributed by atoms with Gasteiger partial charge in [-0.2, -0.15) is 13.2 Å². The molecule has 0 amide bonds. The summed E-state index contributed by atoms with van der Waals surface area (Å²) in [5, 5.41) is 0. The van der Waals surface area contributed by atoms with Gasteiger partial charge in [0.05, 0.1) is 5.92 Å². The highest BCUT2D eigenvalue weighted by Crippen LogP contribution is 2.37. The van der Waals surface area contributed by atoms with E-state index >= 15 is 0 Å². The van der Waals surface area contributed by atoms with Gasteiger partial charge in [-0.3, -0.25) is 0 Å². The van der Waals surface area contributed by atoms with Gasteiger partial charge in [0.25, 0.3) is 0 Å². The second kappa shape index (κ2) is 6.11. The minimum absolute atomic E-state index is 0.0459. The van der Waals surface area contributed by atoms with Crippen LogP contribution in [0, 0.1) is 5.92 Å². The van der Waals surface area contributed by atoms with Gasteiger partial charge >= 0.3 is 12.1 Å². The number of rotatable bonds is 3. The van der Waals surface area contributed by atoms with E-state index in [0.29, 0.717) is 5.57 Å². The molecule has 1 aromatic rings. The number of esters is 1. The Hall–Kier alpha value is -1.78. The van der Waals surface area contributed by atoms with Gasteiger partial charge in [0.15, 0.2) is 0 Å². The number of benzene rings is 1. The fourth-order valence-electron chi connectivity index (χ4n) is 2.13. The lowest BCUT2D eigenvalue weighted by atomic mass is 9.89. The van der Waals surface area contributed by atoms with Crippen molar-refractivity contribution >= 4 is 5.97 Å². The zero-order valence-corrected chi connectivity index (χ0v) is 10.8. The van der Waals surface area contributed by atoms with Crippen molar-refractivity contribution in [1.82, 2.24) is 0 Å². The van der Waals surface area contributed by atoms with Crippen molar-refractivity contribution in [3.8, 4) is 0 Å². The van der Waals surface area contributed by atoms with Crippen molar-refractivity contribution in [2.75, 3.05) is 0 Å². The van der Waals surface area contributed by atoms with Crippen molar-refractivity contribution in [3.05, 3.63) is 47.5 Å². The molecule has 0 aromatic heterocycles. The topological polar surface area (TPSA) is 26.3 Å². The van der Waals surface area contributed by atoms with E-state index in [1.807, 2.05) is 30.3 Å². The lowest BCUT2D eigenvalue weighted by molar-refractivity contribution is -0.176. The minimum atomic E-state index is -4.18. The van der Waals surface area contributed by atoms with E-state index in [2.05, 4.69) is 0 Å². The van der Waals surface area contributed by atoms with Crippen LogP contribution in [0.4, 0.5) is 13.2 Å². The number of hydrogen-bond donors (Lipinski definition) is 0. The molecule has 0 heterocycles. The molecule has 1 aromatic carbocycles. The van der Waals surface area contributed by atoms with E-state index < -0.39 is 18.1 Å². The molecule has 0 bridgehead atoms. The van der Waals surface area contributed by atoms with Gasteiger partial charge < -0.3 is 4.74 Å². The first-order chi connectivity index (χ1) is 9.47. The molecule has 2 rings (SSSR count). The Kier molecular flexibility index (Phi) is 4.47. The first-order valence-electron chi connectivity index (χ1n) is 6.43. The van der Waals surface area contributed by atoms with Gasteiger partial charge in [-0.15, -0.1) is 0 Å². The van der Waals surface area contributed by atoms with Gasteiger partial charge in [-0.05, 0) is 24.8 Å². The first-order valence-corrected chi connectivity index (χ1v) is 6.43. The molecule has 0 saturated carbocycles. The van der Waals surface area contributed by atoms with Crippen LogP contribution in [-0.2, 0) is 16.1 Å². The normalized spacial score (nSPS) is 19.4. The van der Waals surface area contributed by atoms with Crippen LogP contribution in [0.5, 0.6) is 0 Å². The van der Waals surface area contributed by atoms with Crippen molar-refractivity contribution in [2.45, 2.75) is 32.0 Å². The molecule has 0 saturated heterocycles. The summed E-state index contributed by atoms with van der Waals surface area (Å²) in [7, 11) is 0. The molecule has 0 fully saturated rings. The van der Waals surface area contributed by atoms with Gasteiger partial charge in [-0.25, -0.2) is 4.79 Å². The summed E-state index contributed by atoms with van der Waals surface area (Å²) in [5.41, 5.74) is 1.20. The Morgan fingerprint density at radius 3 is 2.50 bits per heavy atom. The summed E-state index contributed by atoms with van der Waals surface area (Å²) >= 11 is 0. The third kappa shape index (κ3) is 3.85. The van der Waals surface area contributed by atoms with Gasteiger partial charge in [0.1, 0.15) is 6.61 Å². The third-order valence-corrected chi connectivity index (χ3v) is 3.35. The molecule has 5 heteroatoms. The predicted molar refractivity (Wildman–Crippen MR) is 67.7 cm³/mol.